The number of carboxylic acid groups (broad SMARTS) is 1. The van der Waals surface area contributed by atoms with E-state index in [0.29, 0.717) is 5.82 Å². The molecule has 0 aliphatic carbocycles. The SMILES string of the molecule is O=C(O)CNc1nccnc1N1CCCC1. The number of nitrogens with zero attached hydrogens (tertiary/aromatic N) is 3. The van der Waals surface area contributed by atoms with Gasteiger partial charge in [0, 0.05) is 25.5 Å². The molecule has 0 radical (unpaired) electrons. The van der Waals surface area contributed by atoms with Crippen molar-refractivity contribution in [1.82, 2.24) is 9.97 Å². The average Bonchev–Trinajstić information content (AvgIpc) is 2.80. The van der Waals surface area contributed by atoms with Crippen LogP contribution in [0.1, 0.15) is 12.8 Å². The summed E-state index contributed by atoms with van der Waals surface area (Å²) in [6, 6.07) is 0. The number of nitrogens with one attached hydrogen (secondary N) is 1. The van der Waals surface area contributed by atoms with Gasteiger partial charge in [-0.15, -0.1) is 0 Å². The van der Waals surface area contributed by atoms with Gasteiger partial charge in [-0.25, -0.2) is 9.97 Å². The Labute approximate surface area is 93.3 Å². The monoisotopic (exact) mass is 222 g/mol. The van der Waals surface area contributed by atoms with Gasteiger partial charge in [0.25, 0.3) is 0 Å². The Hall–Kier alpha value is -1.85. The predicted octanol–water partition coefficient (Wildman–Crippen LogP) is 0.573. The normalized spacial score (nSPS) is 15.1. The Morgan fingerprint density at radius 3 is 2.75 bits per heavy atom. The zero-order valence-electron chi connectivity index (χ0n) is 8.89. The third-order valence-corrected chi connectivity index (χ3v) is 2.49. The molecule has 2 rings (SSSR count). The van der Waals surface area contributed by atoms with E-state index in [-0.39, 0.29) is 6.54 Å². The number of carboxylic acids is 1. The molecule has 0 spiro atoms. The molecule has 2 N–H and O–H groups in total. The van der Waals surface area contributed by atoms with E-state index in [1.54, 1.807) is 12.4 Å². The second kappa shape index (κ2) is 4.78. The van der Waals surface area contributed by atoms with Crippen LogP contribution in [0.4, 0.5) is 11.6 Å². The number of aliphatic carboxylic acids is 1. The second-order valence-corrected chi connectivity index (χ2v) is 3.67. The number of hydrogen-bond acceptors (Lipinski definition) is 5. The van der Waals surface area contributed by atoms with Crippen LogP contribution >= 0.6 is 0 Å². The fraction of sp³-hybridized carbons (Fsp3) is 0.500. The summed E-state index contributed by atoms with van der Waals surface area (Å²) in [7, 11) is 0. The molecule has 1 fully saturated rings. The summed E-state index contributed by atoms with van der Waals surface area (Å²) >= 11 is 0. The summed E-state index contributed by atoms with van der Waals surface area (Å²) in [5.41, 5.74) is 0. The van der Waals surface area contributed by atoms with Crippen LogP contribution in [-0.4, -0.2) is 40.7 Å². The molecule has 1 aromatic rings. The lowest BCUT2D eigenvalue weighted by Gasteiger charge is -2.18. The van der Waals surface area contributed by atoms with Crippen molar-refractivity contribution in [2.45, 2.75) is 12.8 Å². The van der Waals surface area contributed by atoms with Crippen molar-refractivity contribution in [3.05, 3.63) is 12.4 Å². The first-order valence-electron chi connectivity index (χ1n) is 5.29. The molecule has 16 heavy (non-hydrogen) atoms. The molecule has 6 heteroatoms. The topological polar surface area (TPSA) is 78.3 Å². The van der Waals surface area contributed by atoms with Gasteiger partial charge >= 0.3 is 5.97 Å². The first-order chi connectivity index (χ1) is 7.77. The van der Waals surface area contributed by atoms with Gasteiger partial charge in [-0.05, 0) is 12.8 Å². The van der Waals surface area contributed by atoms with Gasteiger partial charge in [0.1, 0.15) is 6.54 Å². The van der Waals surface area contributed by atoms with E-state index in [1.807, 2.05) is 0 Å². The number of anilines is 2. The lowest BCUT2D eigenvalue weighted by molar-refractivity contribution is -0.134. The minimum absolute atomic E-state index is 0.139. The van der Waals surface area contributed by atoms with E-state index in [1.165, 1.54) is 0 Å². The minimum atomic E-state index is -0.905. The first-order valence-corrected chi connectivity index (χ1v) is 5.29. The van der Waals surface area contributed by atoms with E-state index in [0.717, 1.165) is 31.7 Å². The number of aromatic nitrogens is 2. The predicted molar refractivity (Wildman–Crippen MR) is 59.6 cm³/mol. The van der Waals surface area contributed by atoms with Gasteiger partial charge in [0.15, 0.2) is 11.6 Å². The maximum absolute atomic E-state index is 10.5. The highest BCUT2D eigenvalue weighted by Crippen LogP contribution is 2.23. The zero-order chi connectivity index (χ0) is 11.4. The van der Waals surface area contributed by atoms with Gasteiger partial charge in [-0.3, -0.25) is 4.79 Å². The van der Waals surface area contributed by atoms with Crippen LogP contribution < -0.4 is 10.2 Å². The standard InChI is InChI=1S/C10H14N4O2/c15-8(16)7-13-9-10(12-4-3-11-9)14-5-1-2-6-14/h3-4H,1-2,5-7H2,(H,11,13)(H,15,16). The van der Waals surface area contributed by atoms with E-state index in [2.05, 4.69) is 20.2 Å². The van der Waals surface area contributed by atoms with E-state index >= 15 is 0 Å². The summed E-state index contributed by atoms with van der Waals surface area (Å²) in [5, 5.41) is 11.4. The molecule has 0 bridgehead atoms. The van der Waals surface area contributed by atoms with Crippen molar-refractivity contribution in [2.24, 2.45) is 0 Å². The summed E-state index contributed by atoms with van der Waals surface area (Å²) in [5.74, 6) is 0.395. The van der Waals surface area contributed by atoms with Crippen LogP contribution in [0.3, 0.4) is 0 Å². The third-order valence-electron chi connectivity index (χ3n) is 2.49. The van der Waals surface area contributed by atoms with E-state index in [4.69, 9.17) is 5.11 Å². The van der Waals surface area contributed by atoms with Crippen LogP contribution in [-0.2, 0) is 4.79 Å². The molecule has 86 valence electrons. The summed E-state index contributed by atoms with van der Waals surface area (Å²) in [4.78, 5) is 21.0. The van der Waals surface area contributed by atoms with E-state index in [9.17, 15) is 4.79 Å². The first kappa shape index (κ1) is 10.7. The number of carbonyl (C=O) groups is 1. The van der Waals surface area contributed by atoms with Gasteiger partial charge in [0.2, 0.25) is 0 Å². The van der Waals surface area contributed by atoms with Crippen molar-refractivity contribution < 1.29 is 9.90 Å². The Morgan fingerprint density at radius 2 is 2.06 bits per heavy atom. The maximum Gasteiger partial charge on any atom is 0.322 e. The molecule has 6 nitrogen and oxygen atoms in total. The summed E-state index contributed by atoms with van der Waals surface area (Å²) in [6.07, 6.45) is 5.48. The maximum atomic E-state index is 10.5. The molecule has 2 heterocycles. The lowest BCUT2D eigenvalue weighted by atomic mass is 10.4. The molecule has 0 unspecified atom stereocenters. The molecule has 0 amide bonds. The number of rotatable bonds is 4. The van der Waals surface area contributed by atoms with Crippen molar-refractivity contribution >= 4 is 17.6 Å². The van der Waals surface area contributed by atoms with Crippen LogP contribution in [0.15, 0.2) is 12.4 Å². The highest BCUT2D eigenvalue weighted by atomic mass is 16.4. The van der Waals surface area contributed by atoms with Gasteiger partial charge in [-0.1, -0.05) is 0 Å². The van der Waals surface area contributed by atoms with Crippen LogP contribution in [0.2, 0.25) is 0 Å². The quantitative estimate of drug-likeness (QED) is 0.775. The van der Waals surface area contributed by atoms with E-state index < -0.39 is 5.97 Å². The third kappa shape index (κ3) is 2.39. The highest BCUT2D eigenvalue weighted by Gasteiger charge is 2.17. The van der Waals surface area contributed by atoms with Gasteiger partial charge in [0.05, 0.1) is 0 Å². The van der Waals surface area contributed by atoms with Crippen molar-refractivity contribution in [1.29, 1.82) is 0 Å². The Bertz CT molecular complexity index is 377. The molecule has 0 saturated carbocycles. The van der Waals surface area contributed by atoms with Crippen molar-refractivity contribution in [2.75, 3.05) is 29.9 Å². The minimum Gasteiger partial charge on any atom is -0.480 e. The second-order valence-electron chi connectivity index (χ2n) is 3.67. The van der Waals surface area contributed by atoms with Crippen LogP contribution in [0.5, 0.6) is 0 Å². The zero-order valence-corrected chi connectivity index (χ0v) is 8.89. The van der Waals surface area contributed by atoms with Crippen LogP contribution in [0, 0.1) is 0 Å². The Balaban J connectivity index is 2.13. The fourth-order valence-electron chi connectivity index (χ4n) is 1.78. The van der Waals surface area contributed by atoms with Gasteiger partial charge < -0.3 is 15.3 Å². The molecule has 0 atom stereocenters. The molecule has 1 aromatic heterocycles. The van der Waals surface area contributed by atoms with Crippen molar-refractivity contribution in [3.8, 4) is 0 Å². The smallest absolute Gasteiger partial charge is 0.322 e. The molecule has 1 saturated heterocycles. The van der Waals surface area contributed by atoms with Crippen LogP contribution in [0.25, 0.3) is 0 Å². The average molecular weight is 222 g/mol. The Morgan fingerprint density at radius 1 is 1.38 bits per heavy atom. The van der Waals surface area contributed by atoms with Crippen molar-refractivity contribution in [3.63, 3.8) is 0 Å². The largest absolute Gasteiger partial charge is 0.480 e. The molecular formula is C10H14N4O2. The summed E-state index contributed by atoms with van der Waals surface area (Å²) < 4.78 is 0. The molecule has 0 aromatic carbocycles. The molecule has 1 aliphatic heterocycles. The fourth-order valence-corrected chi connectivity index (χ4v) is 1.78. The number of hydrogen-bond donors (Lipinski definition) is 2. The summed E-state index contributed by atoms with van der Waals surface area (Å²) in [6.45, 7) is 1.78. The molecule has 1 aliphatic rings. The Kier molecular flexibility index (Phi) is 3.19. The lowest BCUT2D eigenvalue weighted by Crippen LogP contribution is -2.22. The van der Waals surface area contributed by atoms with Gasteiger partial charge in [-0.2, -0.15) is 0 Å². The highest BCUT2D eigenvalue weighted by molar-refractivity contribution is 5.74. The molecular weight excluding hydrogens is 208 g/mol.